The predicted octanol–water partition coefficient (Wildman–Crippen LogP) is 5.94. The number of amides is 2. The van der Waals surface area contributed by atoms with Crippen LogP contribution in [0.4, 0.5) is 0 Å². The molecule has 0 spiro atoms. The summed E-state index contributed by atoms with van der Waals surface area (Å²) in [6.07, 6.45) is 5.08. The van der Waals surface area contributed by atoms with Gasteiger partial charge in [-0.2, -0.15) is 10.1 Å². The van der Waals surface area contributed by atoms with Crippen LogP contribution in [0.25, 0.3) is 23.0 Å². The first-order valence-corrected chi connectivity index (χ1v) is 14.8. The number of amidine groups is 1. The van der Waals surface area contributed by atoms with Crippen molar-refractivity contribution in [2.24, 2.45) is 16.6 Å². The number of para-hydroxylation sites is 1. The number of primary amides is 1. The topological polar surface area (TPSA) is 103 Å². The van der Waals surface area contributed by atoms with Crippen LogP contribution in [-0.2, 0) is 16.2 Å². The van der Waals surface area contributed by atoms with Crippen molar-refractivity contribution in [3.63, 3.8) is 0 Å². The number of nitrogens with zero attached hydrogens (tertiary/aromatic N) is 4. The van der Waals surface area contributed by atoms with Gasteiger partial charge in [0, 0.05) is 46.9 Å². The van der Waals surface area contributed by atoms with Crippen molar-refractivity contribution in [3.05, 3.63) is 106 Å². The second-order valence-corrected chi connectivity index (χ2v) is 11.5. The van der Waals surface area contributed by atoms with Crippen LogP contribution in [0.2, 0.25) is 5.02 Å². The minimum absolute atomic E-state index is 0.130. The summed E-state index contributed by atoms with van der Waals surface area (Å²) in [5.41, 5.74) is 9.61. The normalized spacial score (nSPS) is 16.6. The van der Waals surface area contributed by atoms with Crippen LogP contribution >= 0.6 is 23.4 Å². The second-order valence-electron chi connectivity index (χ2n) is 10.1. The lowest BCUT2D eigenvalue weighted by molar-refractivity contribution is -0.123. The van der Waals surface area contributed by atoms with Crippen molar-refractivity contribution in [1.82, 2.24) is 14.7 Å². The number of aromatic nitrogens is 2. The van der Waals surface area contributed by atoms with Crippen LogP contribution < -0.4 is 10.5 Å². The molecule has 1 aromatic heterocycles. The third-order valence-corrected chi connectivity index (χ3v) is 8.70. The third-order valence-electron chi connectivity index (χ3n) is 7.29. The van der Waals surface area contributed by atoms with Crippen molar-refractivity contribution in [2.45, 2.75) is 19.4 Å². The molecule has 10 heteroatoms. The maximum absolute atomic E-state index is 13.0. The van der Waals surface area contributed by atoms with E-state index in [0.717, 1.165) is 22.4 Å². The van der Waals surface area contributed by atoms with Gasteiger partial charge in [-0.15, -0.1) is 0 Å². The highest BCUT2D eigenvalue weighted by atomic mass is 35.5. The minimum Gasteiger partial charge on any atom is -0.489 e. The molecule has 2 aliphatic heterocycles. The molecule has 0 aliphatic carbocycles. The molecule has 1 fully saturated rings. The van der Waals surface area contributed by atoms with Gasteiger partial charge in [-0.1, -0.05) is 60.1 Å². The summed E-state index contributed by atoms with van der Waals surface area (Å²) < 4.78 is 7.88. The molecule has 0 radical (unpaired) electrons. The highest BCUT2D eigenvalue weighted by molar-refractivity contribution is 8.18. The van der Waals surface area contributed by atoms with Gasteiger partial charge in [-0.25, -0.2) is 4.68 Å². The number of carbonyl (C=O) groups excluding carboxylic acids is 2. The number of likely N-dealkylation sites (tertiary alicyclic amines) is 1. The average molecular weight is 598 g/mol. The predicted molar refractivity (Wildman–Crippen MR) is 166 cm³/mol. The number of thioether (sulfide) groups is 1. The van der Waals surface area contributed by atoms with Gasteiger partial charge in [0.1, 0.15) is 18.1 Å². The van der Waals surface area contributed by atoms with Crippen molar-refractivity contribution in [2.75, 3.05) is 13.1 Å². The van der Waals surface area contributed by atoms with E-state index in [1.807, 2.05) is 91.1 Å². The molecule has 212 valence electrons. The Balaban J connectivity index is 1.28. The van der Waals surface area contributed by atoms with Gasteiger partial charge in [-0.05, 0) is 61.0 Å². The monoisotopic (exact) mass is 597 g/mol. The van der Waals surface area contributed by atoms with E-state index in [2.05, 4.69) is 9.89 Å². The molecule has 2 aliphatic rings. The average Bonchev–Trinajstić information content (AvgIpc) is 3.61. The Labute approximate surface area is 252 Å². The molecule has 6 rings (SSSR count). The lowest BCUT2D eigenvalue weighted by Gasteiger charge is -2.31. The Morgan fingerprint density at radius 3 is 2.57 bits per heavy atom. The molecule has 2 amide bonds. The Morgan fingerprint density at radius 2 is 1.81 bits per heavy atom. The maximum atomic E-state index is 13.0. The van der Waals surface area contributed by atoms with Crippen LogP contribution in [-0.4, -0.2) is 44.8 Å². The summed E-state index contributed by atoms with van der Waals surface area (Å²) in [6, 6.07) is 25.1. The Hall–Kier alpha value is -4.34. The number of aliphatic imine (C=N–C) groups is 1. The number of ether oxygens (including phenoxy) is 1. The molecular formula is C32H28ClN5O3S. The molecule has 0 bridgehead atoms. The van der Waals surface area contributed by atoms with Gasteiger partial charge < -0.3 is 15.4 Å². The van der Waals surface area contributed by atoms with E-state index in [4.69, 9.17) is 27.2 Å². The number of hydrogen-bond donors (Lipinski definition) is 1. The highest BCUT2D eigenvalue weighted by Gasteiger charge is 2.31. The number of rotatable bonds is 7. The molecule has 2 N–H and O–H groups in total. The number of nitrogens with two attached hydrogens (primary N) is 1. The fourth-order valence-electron chi connectivity index (χ4n) is 4.97. The van der Waals surface area contributed by atoms with Crippen LogP contribution in [0.3, 0.4) is 0 Å². The molecule has 0 unspecified atom stereocenters. The second kappa shape index (κ2) is 12.3. The number of carbonyl (C=O) groups is 2. The van der Waals surface area contributed by atoms with Gasteiger partial charge in [0.2, 0.25) is 5.91 Å². The van der Waals surface area contributed by atoms with E-state index >= 15 is 0 Å². The van der Waals surface area contributed by atoms with Gasteiger partial charge in [-0.3, -0.25) is 9.59 Å². The maximum Gasteiger partial charge on any atom is 0.286 e. The van der Waals surface area contributed by atoms with Crippen LogP contribution in [0.15, 0.2) is 95.0 Å². The molecular weight excluding hydrogens is 570 g/mol. The number of halogens is 1. The van der Waals surface area contributed by atoms with Crippen LogP contribution in [0, 0.1) is 5.92 Å². The first kappa shape index (κ1) is 27.8. The van der Waals surface area contributed by atoms with Crippen molar-refractivity contribution in [1.29, 1.82) is 0 Å². The molecule has 1 saturated heterocycles. The molecule has 4 aromatic rings. The molecule has 8 nitrogen and oxygen atoms in total. The van der Waals surface area contributed by atoms with Gasteiger partial charge in [0.15, 0.2) is 5.17 Å². The van der Waals surface area contributed by atoms with E-state index in [-0.39, 0.29) is 17.7 Å². The van der Waals surface area contributed by atoms with E-state index in [1.54, 1.807) is 4.68 Å². The summed E-state index contributed by atoms with van der Waals surface area (Å²) in [4.78, 5) is 31.5. The number of benzene rings is 3. The third kappa shape index (κ3) is 6.12. The summed E-state index contributed by atoms with van der Waals surface area (Å²) in [5.74, 6) is -0.0118. The van der Waals surface area contributed by atoms with Crippen LogP contribution in [0.5, 0.6) is 5.75 Å². The van der Waals surface area contributed by atoms with E-state index in [0.29, 0.717) is 59.1 Å². The van der Waals surface area contributed by atoms with E-state index < -0.39 is 0 Å². The van der Waals surface area contributed by atoms with Gasteiger partial charge in [0.05, 0.1) is 10.6 Å². The molecule has 0 saturated carbocycles. The van der Waals surface area contributed by atoms with Gasteiger partial charge in [0.25, 0.3) is 5.91 Å². The summed E-state index contributed by atoms with van der Waals surface area (Å²) in [7, 11) is 0. The zero-order valence-electron chi connectivity index (χ0n) is 22.7. The summed E-state index contributed by atoms with van der Waals surface area (Å²) in [6.45, 7) is 1.61. The molecule has 42 heavy (non-hydrogen) atoms. The SMILES string of the molecule is NC(=O)C1CCN(C2=NC(=O)/C(=C/c3cn(-c4ccccc4)nc3-c3cccc(OCc4ccccc4Cl)c3)S2)CC1. The van der Waals surface area contributed by atoms with E-state index in [9.17, 15) is 9.59 Å². The molecule has 3 aromatic carbocycles. The molecule has 0 atom stereocenters. The number of hydrogen-bond acceptors (Lipinski definition) is 6. The number of piperidine rings is 1. The smallest absolute Gasteiger partial charge is 0.286 e. The zero-order chi connectivity index (χ0) is 29.1. The quantitative estimate of drug-likeness (QED) is 0.265. The zero-order valence-corrected chi connectivity index (χ0v) is 24.2. The van der Waals surface area contributed by atoms with Crippen molar-refractivity contribution in [3.8, 4) is 22.7 Å². The Kier molecular flexibility index (Phi) is 8.12. The Bertz CT molecular complexity index is 1690. The summed E-state index contributed by atoms with van der Waals surface area (Å²) in [5, 5.41) is 6.22. The fraction of sp³-hybridized carbons (Fsp3) is 0.188. The van der Waals surface area contributed by atoms with Crippen molar-refractivity contribution >= 4 is 46.4 Å². The van der Waals surface area contributed by atoms with E-state index in [1.165, 1.54) is 11.8 Å². The lowest BCUT2D eigenvalue weighted by Crippen LogP contribution is -2.40. The minimum atomic E-state index is -0.290. The summed E-state index contributed by atoms with van der Waals surface area (Å²) >= 11 is 7.66. The highest BCUT2D eigenvalue weighted by Crippen LogP contribution is 2.35. The largest absolute Gasteiger partial charge is 0.489 e. The first-order chi connectivity index (χ1) is 20.4. The fourth-order valence-corrected chi connectivity index (χ4v) is 6.12. The Morgan fingerprint density at radius 1 is 1.05 bits per heavy atom. The first-order valence-electron chi connectivity index (χ1n) is 13.6. The molecule has 3 heterocycles. The van der Waals surface area contributed by atoms with Crippen LogP contribution in [0.1, 0.15) is 24.0 Å². The van der Waals surface area contributed by atoms with Gasteiger partial charge >= 0.3 is 0 Å². The van der Waals surface area contributed by atoms with Crippen molar-refractivity contribution < 1.29 is 14.3 Å². The lowest BCUT2D eigenvalue weighted by atomic mass is 9.97. The standard InChI is InChI=1S/C32H28ClN5O3S/c33-27-12-5-4-7-23(27)20-41-26-11-6-8-22(17-26)29-24(19-38(36-29)25-9-2-1-3-10-25)18-28-31(40)35-32(42-28)37-15-13-21(14-16-37)30(34)39/h1-12,17-19,21H,13-16,20H2,(H2,34,39)/b28-18-.